The van der Waals surface area contributed by atoms with Crippen LogP contribution in [0, 0.1) is 0 Å². The van der Waals surface area contributed by atoms with E-state index in [1.54, 1.807) is 0 Å². The fourth-order valence-electron chi connectivity index (χ4n) is 2.00. The lowest BCUT2D eigenvalue weighted by Crippen LogP contribution is -2.35. The topological polar surface area (TPSA) is 32.3 Å². The Morgan fingerprint density at radius 1 is 1.50 bits per heavy atom. The SMILES string of the molecule is CNC1CCN(Cc2ccccc2Br)C1=O. The van der Waals surface area contributed by atoms with Crippen LogP contribution in [0.1, 0.15) is 12.0 Å². The highest BCUT2D eigenvalue weighted by molar-refractivity contribution is 9.10. The summed E-state index contributed by atoms with van der Waals surface area (Å²) in [5.74, 6) is 0.207. The van der Waals surface area contributed by atoms with Crippen LogP contribution in [0.2, 0.25) is 0 Å². The van der Waals surface area contributed by atoms with Crippen molar-refractivity contribution in [2.24, 2.45) is 0 Å². The maximum Gasteiger partial charge on any atom is 0.240 e. The maximum atomic E-state index is 11.9. The molecule has 4 heteroatoms. The molecule has 86 valence electrons. The number of hydrogen-bond acceptors (Lipinski definition) is 2. The minimum absolute atomic E-state index is 0.00230. The normalized spacial score (nSPS) is 20.5. The molecule has 0 bridgehead atoms. The molecule has 1 heterocycles. The molecule has 0 spiro atoms. The van der Waals surface area contributed by atoms with Crippen LogP contribution in [0.5, 0.6) is 0 Å². The van der Waals surface area contributed by atoms with Crippen molar-refractivity contribution in [2.75, 3.05) is 13.6 Å². The van der Waals surface area contributed by atoms with Crippen molar-refractivity contribution in [1.29, 1.82) is 0 Å². The highest BCUT2D eigenvalue weighted by Crippen LogP contribution is 2.20. The van der Waals surface area contributed by atoms with Gasteiger partial charge in [-0.3, -0.25) is 4.79 Å². The van der Waals surface area contributed by atoms with Gasteiger partial charge in [-0.15, -0.1) is 0 Å². The predicted molar refractivity (Wildman–Crippen MR) is 67.0 cm³/mol. The van der Waals surface area contributed by atoms with Gasteiger partial charge in [-0.25, -0.2) is 0 Å². The molecule has 16 heavy (non-hydrogen) atoms. The zero-order valence-electron chi connectivity index (χ0n) is 9.24. The molecule has 3 nitrogen and oxygen atoms in total. The Hall–Kier alpha value is -0.870. The Labute approximate surface area is 104 Å². The molecule has 0 aliphatic carbocycles. The summed E-state index contributed by atoms with van der Waals surface area (Å²) < 4.78 is 1.07. The average Bonchev–Trinajstić information content (AvgIpc) is 2.63. The quantitative estimate of drug-likeness (QED) is 0.917. The molecule has 1 N–H and O–H groups in total. The Bertz CT molecular complexity index is 394. The maximum absolute atomic E-state index is 11.9. The highest BCUT2D eigenvalue weighted by atomic mass is 79.9. The zero-order chi connectivity index (χ0) is 11.5. The molecule has 1 aromatic rings. The van der Waals surface area contributed by atoms with Crippen LogP contribution in [-0.4, -0.2) is 30.4 Å². The van der Waals surface area contributed by atoms with E-state index in [0.717, 1.165) is 23.0 Å². The van der Waals surface area contributed by atoms with Crippen molar-refractivity contribution < 1.29 is 4.79 Å². The van der Waals surface area contributed by atoms with Crippen molar-refractivity contribution in [3.63, 3.8) is 0 Å². The number of rotatable bonds is 3. The number of likely N-dealkylation sites (N-methyl/N-ethyl adjacent to an activating group) is 1. The molecular weight excluding hydrogens is 268 g/mol. The van der Waals surface area contributed by atoms with Gasteiger partial charge in [0.1, 0.15) is 0 Å². The number of hydrogen-bond donors (Lipinski definition) is 1. The Morgan fingerprint density at radius 3 is 2.88 bits per heavy atom. The molecule has 1 aliphatic rings. The van der Waals surface area contributed by atoms with Gasteiger partial charge < -0.3 is 10.2 Å². The van der Waals surface area contributed by atoms with Gasteiger partial charge in [0.15, 0.2) is 0 Å². The largest absolute Gasteiger partial charge is 0.337 e. The van der Waals surface area contributed by atoms with E-state index >= 15 is 0 Å². The summed E-state index contributed by atoms with van der Waals surface area (Å²) in [6, 6.07) is 8.03. The summed E-state index contributed by atoms with van der Waals surface area (Å²) >= 11 is 3.50. The van der Waals surface area contributed by atoms with Gasteiger partial charge in [0.2, 0.25) is 5.91 Å². The molecule has 0 saturated carbocycles. The van der Waals surface area contributed by atoms with Gasteiger partial charge in [0.05, 0.1) is 6.04 Å². The monoisotopic (exact) mass is 282 g/mol. The second-order valence-electron chi connectivity index (χ2n) is 3.98. The first-order valence-corrected chi connectivity index (χ1v) is 6.21. The van der Waals surface area contributed by atoms with Crippen LogP contribution in [0.3, 0.4) is 0 Å². The minimum atomic E-state index is 0.00230. The Morgan fingerprint density at radius 2 is 2.25 bits per heavy atom. The minimum Gasteiger partial charge on any atom is -0.337 e. The predicted octanol–water partition coefficient (Wildman–Crippen LogP) is 1.77. The lowest BCUT2D eigenvalue weighted by molar-refractivity contribution is -0.129. The molecule has 1 atom stereocenters. The lowest BCUT2D eigenvalue weighted by atomic mass is 10.2. The summed E-state index contributed by atoms with van der Waals surface area (Å²) in [5.41, 5.74) is 1.16. The first-order valence-electron chi connectivity index (χ1n) is 5.42. The third-order valence-electron chi connectivity index (χ3n) is 2.96. The molecule has 0 radical (unpaired) electrons. The second kappa shape index (κ2) is 4.97. The molecule has 1 fully saturated rings. The summed E-state index contributed by atoms with van der Waals surface area (Å²) in [7, 11) is 1.84. The third kappa shape index (κ3) is 2.28. The van der Waals surface area contributed by atoms with Crippen molar-refractivity contribution in [2.45, 2.75) is 19.0 Å². The fourth-order valence-corrected chi connectivity index (χ4v) is 2.41. The van der Waals surface area contributed by atoms with Gasteiger partial charge in [-0.1, -0.05) is 34.1 Å². The number of amides is 1. The summed E-state index contributed by atoms with van der Waals surface area (Å²) in [6.45, 7) is 1.53. The molecule has 1 unspecified atom stereocenters. The number of nitrogens with zero attached hydrogens (tertiary/aromatic N) is 1. The Balaban J connectivity index is 2.07. The van der Waals surface area contributed by atoms with E-state index in [1.165, 1.54) is 0 Å². The van der Waals surface area contributed by atoms with E-state index in [4.69, 9.17) is 0 Å². The summed E-state index contributed by atoms with van der Waals surface area (Å²) in [6.07, 6.45) is 0.903. The molecular formula is C12H15BrN2O. The van der Waals surface area contributed by atoms with Gasteiger partial charge in [-0.05, 0) is 25.1 Å². The van der Waals surface area contributed by atoms with Crippen molar-refractivity contribution >= 4 is 21.8 Å². The number of likely N-dealkylation sites (tertiary alicyclic amines) is 1. The van der Waals surface area contributed by atoms with Crippen LogP contribution >= 0.6 is 15.9 Å². The van der Waals surface area contributed by atoms with Crippen LogP contribution in [0.15, 0.2) is 28.7 Å². The van der Waals surface area contributed by atoms with Crippen LogP contribution < -0.4 is 5.32 Å². The van der Waals surface area contributed by atoms with Gasteiger partial charge in [-0.2, -0.15) is 0 Å². The van der Waals surface area contributed by atoms with Gasteiger partial charge in [0.25, 0.3) is 0 Å². The van der Waals surface area contributed by atoms with Crippen LogP contribution in [0.25, 0.3) is 0 Å². The summed E-state index contributed by atoms with van der Waals surface area (Å²) in [5, 5.41) is 3.04. The van der Waals surface area contributed by atoms with E-state index in [1.807, 2.05) is 36.2 Å². The average molecular weight is 283 g/mol. The Kier molecular flexibility index (Phi) is 3.61. The van der Waals surface area contributed by atoms with Gasteiger partial charge >= 0.3 is 0 Å². The second-order valence-corrected chi connectivity index (χ2v) is 4.84. The highest BCUT2D eigenvalue weighted by Gasteiger charge is 2.30. The summed E-state index contributed by atoms with van der Waals surface area (Å²) in [4.78, 5) is 13.8. The number of halogens is 1. The van der Waals surface area contributed by atoms with E-state index < -0.39 is 0 Å². The molecule has 0 aromatic heterocycles. The molecule has 1 saturated heterocycles. The van der Waals surface area contributed by atoms with Crippen LogP contribution in [0.4, 0.5) is 0 Å². The van der Waals surface area contributed by atoms with E-state index in [-0.39, 0.29) is 11.9 Å². The van der Waals surface area contributed by atoms with Crippen molar-refractivity contribution in [3.8, 4) is 0 Å². The first kappa shape index (κ1) is 11.6. The van der Waals surface area contributed by atoms with Gasteiger partial charge in [0, 0.05) is 17.6 Å². The smallest absolute Gasteiger partial charge is 0.240 e. The van der Waals surface area contributed by atoms with E-state index in [0.29, 0.717) is 6.54 Å². The first-order chi connectivity index (χ1) is 7.72. The van der Waals surface area contributed by atoms with E-state index in [2.05, 4.69) is 21.2 Å². The molecule has 1 aromatic carbocycles. The number of nitrogens with one attached hydrogen (secondary N) is 1. The number of carbonyl (C=O) groups excluding carboxylic acids is 1. The fraction of sp³-hybridized carbons (Fsp3) is 0.417. The molecule has 1 amide bonds. The van der Waals surface area contributed by atoms with Crippen molar-refractivity contribution in [1.82, 2.24) is 10.2 Å². The number of benzene rings is 1. The third-order valence-corrected chi connectivity index (χ3v) is 3.74. The number of carbonyl (C=O) groups is 1. The van der Waals surface area contributed by atoms with Crippen LogP contribution in [-0.2, 0) is 11.3 Å². The zero-order valence-corrected chi connectivity index (χ0v) is 10.8. The molecule has 2 rings (SSSR count). The molecule has 1 aliphatic heterocycles. The standard InChI is InChI=1S/C12H15BrN2O/c1-14-11-6-7-15(12(11)16)8-9-4-2-3-5-10(9)13/h2-5,11,14H,6-8H2,1H3. The van der Waals surface area contributed by atoms with Crippen molar-refractivity contribution in [3.05, 3.63) is 34.3 Å². The lowest BCUT2D eigenvalue weighted by Gasteiger charge is -2.17. The van der Waals surface area contributed by atoms with E-state index in [9.17, 15) is 4.79 Å².